The highest BCUT2D eigenvalue weighted by Gasteiger charge is 2.35. The van der Waals surface area contributed by atoms with E-state index in [1.54, 1.807) is 14.1 Å². The SMILES string of the molecule is COc1c(C(=O)N(C)C)cc(Cl)cc1S(=O)(=O)NC(CN)C1CC1. The maximum Gasteiger partial charge on any atom is 0.257 e. The van der Waals surface area contributed by atoms with Gasteiger partial charge in [0.2, 0.25) is 10.0 Å². The molecule has 1 aliphatic rings. The highest BCUT2D eigenvalue weighted by Crippen LogP contribution is 2.35. The Balaban J connectivity index is 2.50. The Morgan fingerprint density at radius 3 is 2.54 bits per heavy atom. The number of sulfonamides is 1. The van der Waals surface area contributed by atoms with E-state index in [-0.39, 0.29) is 39.7 Å². The third-order valence-electron chi connectivity index (χ3n) is 3.90. The van der Waals surface area contributed by atoms with Gasteiger partial charge in [-0.05, 0) is 30.9 Å². The summed E-state index contributed by atoms with van der Waals surface area (Å²) in [6.45, 7) is 0.205. The third kappa shape index (κ3) is 4.00. The van der Waals surface area contributed by atoms with Gasteiger partial charge in [0, 0.05) is 31.7 Å². The van der Waals surface area contributed by atoms with Crippen LogP contribution in [0.2, 0.25) is 5.02 Å². The molecule has 0 aromatic heterocycles. The van der Waals surface area contributed by atoms with E-state index >= 15 is 0 Å². The lowest BCUT2D eigenvalue weighted by atomic mass is 10.2. The second-order valence-electron chi connectivity index (χ2n) is 5.99. The summed E-state index contributed by atoms with van der Waals surface area (Å²) in [6.07, 6.45) is 1.89. The fraction of sp³-hybridized carbons (Fsp3) is 0.533. The molecule has 1 unspecified atom stereocenters. The summed E-state index contributed by atoms with van der Waals surface area (Å²) in [5, 5.41) is 0.136. The minimum absolute atomic E-state index is 0.0304. The summed E-state index contributed by atoms with van der Waals surface area (Å²) >= 11 is 6.04. The van der Waals surface area contributed by atoms with E-state index in [1.807, 2.05) is 0 Å². The fourth-order valence-electron chi connectivity index (χ4n) is 2.48. The standard InChI is InChI=1S/C15H22ClN3O4S/c1-19(2)15(20)11-6-10(16)7-13(14(11)23-3)24(21,22)18-12(8-17)9-4-5-9/h6-7,9,12,18H,4-5,8,17H2,1-3H3. The molecule has 0 aliphatic heterocycles. The number of rotatable bonds is 7. The van der Waals surface area contributed by atoms with Crippen LogP contribution in [0.5, 0.6) is 5.75 Å². The summed E-state index contributed by atoms with van der Waals surface area (Å²) in [5.74, 6) is -0.182. The largest absolute Gasteiger partial charge is 0.494 e. The molecule has 0 radical (unpaired) electrons. The summed E-state index contributed by atoms with van der Waals surface area (Å²) in [6, 6.07) is 2.32. The Bertz CT molecular complexity index is 732. The van der Waals surface area contributed by atoms with Crippen molar-refractivity contribution in [2.45, 2.75) is 23.8 Å². The molecule has 24 heavy (non-hydrogen) atoms. The van der Waals surface area contributed by atoms with Crippen LogP contribution in [0.25, 0.3) is 0 Å². The van der Waals surface area contributed by atoms with Crippen LogP contribution in [0, 0.1) is 5.92 Å². The van der Waals surface area contributed by atoms with E-state index in [4.69, 9.17) is 22.1 Å². The summed E-state index contributed by atoms with van der Waals surface area (Å²) in [7, 11) is 0.506. The zero-order chi connectivity index (χ0) is 18.1. The topological polar surface area (TPSA) is 102 Å². The predicted octanol–water partition coefficient (Wildman–Crippen LogP) is 1.07. The van der Waals surface area contributed by atoms with Gasteiger partial charge in [0.15, 0.2) is 5.75 Å². The van der Waals surface area contributed by atoms with Crippen LogP contribution in [0.4, 0.5) is 0 Å². The highest BCUT2D eigenvalue weighted by atomic mass is 35.5. The van der Waals surface area contributed by atoms with E-state index in [2.05, 4.69) is 4.72 Å². The van der Waals surface area contributed by atoms with Crippen LogP contribution in [0.3, 0.4) is 0 Å². The Kier molecular flexibility index (Phi) is 5.74. The molecule has 0 bridgehead atoms. The average Bonchev–Trinajstić information content (AvgIpc) is 3.35. The van der Waals surface area contributed by atoms with Gasteiger partial charge >= 0.3 is 0 Å². The number of amides is 1. The first kappa shape index (κ1) is 19.0. The van der Waals surface area contributed by atoms with Gasteiger partial charge in [-0.25, -0.2) is 13.1 Å². The molecule has 3 N–H and O–H groups in total. The van der Waals surface area contributed by atoms with Crippen molar-refractivity contribution in [1.29, 1.82) is 0 Å². The van der Waals surface area contributed by atoms with E-state index in [0.717, 1.165) is 12.8 Å². The first-order valence-corrected chi connectivity index (χ1v) is 9.39. The smallest absolute Gasteiger partial charge is 0.257 e. The van der Waals surface area contributed by atoms with Crippen molar-refractivity contribution in [1.82, 2.24) is 9.62 Å². The number of hydrogen-bond donors (Lipinski definition) is 2. The maximum atomic E-state index is 12.8. The van der Waals surface area contributed by atoms with Crippen molar-refractivity contribution in [3.05, 3.63) is 22.7 Å². The van der Waals surface area contributed by atoms with E-state index < -0.39 is 15.9 Å². The second kappa shape index (κ2) is 7.26. The number of benzene rings is 1. The Hall–Kier alpha value is -1.35. The summed E-state index contributed by atoms with van der Waals surface area (Å²) in [5.41, 5.74) is 5.76. The van der Waals surface area contributed by atoms with E-state index in [9.17, 15) is 13.2 Å². The molecule has 0 saturated heterocycles. The van der Waals surface area contributed by atoms with Gasteiger partial charge in [-0.1, -0.05) is 11.6 Å². The third-order valence-corrected chi connectivity index (χ3v) is 5.61. The van der Waals surface area contributed by atoms with Crippen molar-refractivity contribution in [2.75, 3.05) is 27.7 Å². The van der Waals surface area contributed by atoms with Crippen molar-refractivity contribution in [2.24, 2.45) is 11.7 Å². The molecule has 0 spiro atoms. The van der Waals surface area contributed by atoms with Crippen molar-refractivity contribution in [3.63, 3.8) is 0 Å². The Morgan fingerprint density at radius 2 is 2.08 bits per heavy atom. The number of carbonyl (C=O) groups excluding carboxylic acids is 1. The van der Waals surface area contributed by atoms with Gasteiger partial charge in [0.05, 0.1) is 12.7 Å². The van der Waals surface area contributed by atoms with Crippen molar-refractivity contribution in [3.8, 4) is 5.75 Å². The summed E-state index contributed by atoms with van der Waals surface area (Å²) in [4.78, 5) is 13.5. The quantitative estimate of drug-likeness (QED) is 0.742. The molecular weight excluding hydrogens is 354 g/mol. The lowest BCUT2D eigenvalue weighted by Crippen LogP contribution is -2.41. The molecule has 134 valence electrons. The van der Waals surface area contributed by atoms with Crippen molar-refractivity contribution >= 4 is 27.5 Å². The molecule has 1 aliphatic carbocycles. The van der Waals surface area contributed by atoms with E-state index in [1.165, 1.54) is 24.1 Å². The number of nitrogens with one attached hydrogen (secondary N) is 1. The van der Waals surface area contributed by atoms with Crippen LogP contribution in [0.15, 0.2) is 17.0 Å². The number of methoxy groups -OCH3 is 1. The molecule has 1 aromatic rings. The monoisotopic (exact) mass is 375 g/mol. The van der Waals surface area contributed by atoms with Crippen LogP contribution < -0.4 is 15.2 Å². The van der Waals surface area contributed by atoms with Gasteiger partial charge in [-0.3, -0.25) is 4.79 Å². The predicted molar refractivity (Wildman–Crippen MR) is 91.9 cm³/mol. The molecule has 9 heteroatoms. The minimum Gasteiger partial charge on any atom is -0.494 e. The molecular formula is C15H22ClN3O4S. The maximum absolute atomic E-state index is 12.8. The lowest BCUT2D eigenvalue weighted by Gasteiger charge is -2.20. The van der Waals surface area contributed by atoms with Gasteiger partial charge < -0.3 is 15.4 Å². The van der Waals surface area contributed by atoms with Crippen LogP contribution in [0.1, 0.15) is 23.2 Å². The first-order chi connectivity index (χ1) is 11.2. The Morgan fingerprint density at radius 1 is 1.46 bits per heavy atom. The number of nitrogens with zero attached hydrogens (tertiary/aromatic N) is 1. The number of ether oxygens (including phenoxy) is 1. The number of hydrogen-bond acceptors (Lipinski definition) is 5. The molecule has 1 amide bonds. The number of halogens is 1. The summed E-state index contributed by atoms with van der Waals surface area (Å²) < 4.78 is 33.4. The van der Waals surface area contributed by atoms with Crippen LogP contribution >= 0.6 is 11.6 Å². The van der Waals surface area contributed by atoms with E-state index in [0.29, 0.717) is 0 Å². The molecule has 7 nitrogen and oxygen atoms in total. The number of nitrogens with two attached hydrogens (primary N) is 1. The van der Waals surface area contributed by atoms with Gasteiger partial charge in [-0.2, -0.15) is 0 Å². The van der Waals surface area contributed by atoms with Gasteiger partial charge in [-0.15, -0.1) is 0 Å². The zero-order valence-corrected chi connectivity index (χ0v) is 15.4. The van der Waals surface area contributed by atoms with Gasteiger partial charge in [0.25, 0.3) is 5.91 Å². The zero-order valence-electron chi connectivity index (χ0n) is 13.9. The van der Waals surface area contributed by atoms with Crippen molar-refractivity contribution < 1.29 is 17.9 Å². The van der Waals surface area contributed by atoms with Crippen LogP contribution in [-0.4, -0.2) is 53.0 Å². The molecule has 2 rings (SSSR count). The molecule has 1 fully saturated rings. The highest BCUT2D eigenvalue weighted by molar-refractivity contribution is 7.89. The average molecular weight is 376 g/mol. The fourth-order valence-corrected chi connectivity index (χ4v) is 4.29. The normalized spacial score (nSPS) is 15.9. The number of carbonyl (C=O) groups is 1. The molecule has 1 atom stereocenters. The van der Waals surface area contributed by atoms with Crippen LogP contribution in [-0.2, 0) is 10.0 Å². The first-order valence-electron chi connectivity index (χ1n) is 7.52. The lowest BCUT2D eigenvalue weighted by molar-refractivity contribution is 0.0824. The second-order valence-corrected chi connectivity index (χ2v) is 8.10. The minimum atomic E-state index is -3.93. The molecule has 0 heterocycles. The molecule has 1 saturated carbocycles. The Labute approximate surface area is 147 Å². The molecule has 1 aromatic carbocycles. The van der Waals surface area contributed by atoms with Gasteiger partial charge in [0.1, 0.15) is 4.90 Å².